The molecule has 1 aliphatic heterocycles. The summed E-state index contributed by atoms with van der Waals surface area (Å²) in [5.41, 5.74) is 1.67. The van der Waals surface area contributed by atoms with Crippen LogP contribution in [0.5, 0.6) is 0 Å². The summed E-state index contributed by atoms with van der Waals surface area (Å²) < 4.78 is 0. The lowest BCUT2D eigenvalue weighted by Gasteiger charge is -2.17. The van der Waals surface area contributed by atoms with Crippen LogP contribution in [0.1, 0.15) is 12.0 Å². The van der Waals surface area contributed by atoms with Gasteiger partial charge in [-0.15, -0.1) is 0 Å². The number of pyridine rings is 1. The molecule has 2 aromatic rings. The van der Waals surface area contributed by atoms with Gasteiger partial charge in [-0.2, -0.15) is 0 Å². The molecule has 1 aliphatic rings. The number of amides is 2. The van der Waals surface area contributed by atoms with E-state index in [-0.39, 0.29) is 18.2 Å². The maximum Gasteiger partial charge on any atom is 0.230 e. The summed E-state index contributed by atoms with van der Waals surface area (Å²) in [4.78, 5) is 30.2. The predicted molar refractivity (Wildman–Crippen MR) is 89.5 cm³/mol. The number of carbonyl (C=O) groups is 2. The second kappa shape index (κ2) is 6.38. The van der Waals surface area contributed by atoms with Crippen molar-refractivity contribution < 1.29 is 9.59 Å². The van der Waals surface area contributed by atoms with Gasteiger partial charge in [-0.1, -0.05) is 23.7 Å². The number of hydrogen-bond donors (Lipinski definition) is 1. The molecule has 1 saturated heterocycles. The number of nitrogens with zero attached hydrogens (tertiary/aromatic N) is 2. The van der Waals surface area contributed by atoms with E-state index in [2.05, 4.69) is 10.3 Å². The fraction of sp³-hybridized carbons (Fsp3) is 0.235. The SMILES string of the molecule is Cc1ccc(N2CC(C(=O)Nc3ccccn3)CC2=O)cc1Cl. The van der Waals surface area contributed by atoms with Crippen LogP contribution in [0.4, 0.5) is 11.5 Å². The summed E-state index contributed by atoms with van der Waals surface area (Å²) in [5.74, 6) is -0.185. The van der Waals surface area contributed by atoms with Crippen LogP contribution in [0, 0.1) is 12.8 Å². The fourth-order valence-electron chi connectivity index (χ4n) is 2.55. The van der Waals surface area contributed by atoms with Gasteiger partial charge < -0.3 is 10.2 Å². The molecule has 2 amide bonds. The van der Waals surface area contributed by atoms with Gasteiger partial charge in [0.25, 0.3) is 0 Å². The van der Waals surface area contributed by atoms with Crippen molar-refractivity contribution in [2.75, 3.05) is 16.8 Å². The average molecular weight is 330 g/mol. The highest BCUT2D eigenvalue weighted by molar-refractivity contribution is 6.31. The molecule has 23 heavy (non-hydrogen) atoms. The van der Waals surface area contributed by atoms with Crippen LogP contribution in [-0.2, 0) is 9.59 Å². The average Bonchev–Trinajstić information content (AvgIpc) is 2.93. The molecule has 1 fully saturated rings. The Balaban J connectivity index is 1.71. The summed E-state index contributed by atoms with van der Waals surface area (Å²) in [6, 6.07) is 10.8. The van der Waals surface area contributed by atoms with Crippen LogP contribution in [0.15, 0.2) is 42.6 Å². The number of benzene rings is 1. The van der Waals surface area contributed by atoms with Crippen LogP contribution in [-0.4, -0.2) is 23.3 Å². The Labute approximate surface area is 139 Å². The zero-order valence-corrected chi connectivity index (χ0v) is 13.4. The molecule has 6 heteroatoms. The molecule has 5 nitrogen and oxygen atoms in total. The minimum absolute atomic E-state index is 0.0777. The van der Waals surface area contributed by atoms with Crippen molar-refractivity contribution in [1.29, 1.82) is 0 Å². The van der Waals surface area contributed by atoms with Crippen LogP contribution < -0.4 is 10.2 Å². The maximum atomic E-state index is 12.3. The molecule has 0 saturated carbocycles. The Morgan fingerprint density at radius 2 is 2.17 bits per heavy atom. The van der Waals surface area contributed by atoms with Crippen molar-refractivity contribution >= 4 is 34.9 Å². The number of hydrogen-bond acceptors (Lipinski definition) is 3. The van der Waals surface area contributed by atoms with E-state index in [1.807, 2.05) is 19.1 Å². The molecule has 0 bridgehead atoms. The van der Waals surface area contributed by atoms with Gasteiger partial charge in [-0.25, -0.2) is 4.98 Å². The second-order valence-corrected chi connectivity index (χ2v) is 5.95. The highest BCUT2D eigenvalue weighted by Gasteiger charge is 2.35. The minimum atomic E-state index is -0.399. The highest BCUT2D eigenvalue weighted by Crippen LogP contribution is 2.29. The summed E-state index contributed by atoms with van der Waals surface area (Å²) in [7, 11) is 0. The van der Waals surface area contributed by atoms with E-state index in [4.69, 9.17) is 11.6 Å². The molecular formula is C17H16ClN3O2. The van der Waals surface area contributed by atoms with Gasteiger partial charge in [-0.05, 0) is 36.8 Å². The Hall–Kier alpha value is -2.40. The van der Waals surface area contributed by atoms with E-state index in [0.717, 1.165) is 11.3 Å². The van der Waals surface area contributed by atoms with Crippen molar-refractivity contribution in [2.24, 2.45) is 5.92 Å². The zero-order valence-electron chi connectivity index (χ0n) is 12.6. The number of aryl methyl sites for hydroxylation is 1. The lowest BCUT2D eigenvalue weighted by atomic mass is 10.1. The van der Waals surface area contributed by atoms with Gasteiger partial charge in [0.05, 0.1) is 5.92 Å². The topological polar surface area (TPSA) is 62.3 Å². The lowest BCUT2D eigenvalue weighted by Crippen LogP contribution is -2.28. The third-order valence-corrected chi connectivity index (χ3v) is 4.29. The normalized spacial score (nSPS) is 17.4. The van der Waals surface area contributed by atoms with E-state index in [9.17, 15) is 9.59 Å². The quantitative estimate of drug-likeness (QED) is 0.941. The van der Waals surface area contributed by atoms with E-state index in [1.54, 1.807) is 35.4 Å². The van der Waals surface area contributed by atoms with E-state index < -0.39 is 5.92 Å². The first-order valence-corrected chi connectivity index (χ1v) is 7.71. The minimum Gasteiger partial charge on any atom is -0.312 e. The number of halogens is 1. The van der Waals surface area contributed by atoms with E-state index in [0.29, 0.717) is 17.4 Å². The summed E-state index contributed by atoms with van der Waals surface area (Å²) in [6.45, 7) is 2.25. The Morgan fingerprint density at radius 1 is 1.35 bits per heavy atom. The number of carbonyl (C=O) groups excluding carboxylic acids is 2. The van der Waals surface area contributed by atoms with Crippen molar-refractivity contribution in [1.82, 2.24) is 4.98 Å². The molecule has 0 spiro atoms. The number of nitrogens with one attached hydrogen (secondary N) is 1. The molecule has 0 aliphatic carbocycles. The Bertz CT molecular complexity index is 749. The standard InChI is InChI=1S/C17H16ClN3O2/c1-11-5-6-13(9-14(11)18)21-10-12(8-16(21)22)17(23)20-15-4-2-3-7-19-15/h2-7,9,12H,8,10H2,1H3,(H,19,20,23). The molecule has 1 atom stereocenters. The van der Waals surface area contributed by atoms with Gasteiger partial charge in [0.15, 0.2) is 0 Å². The van der Waals surface area contributed by atoms with Crippen molar-refractivity contribution in [3.8, 4) is 0 Å². The number of aromatic nitrogens is 1. The first-order valence-electron chi connectivity index (χ1n) is 7.33. The van der Waals surface area contributed by atoms with E-state index >= 15 is 0 Å². The van der Waals surface area contributed by atoms with E-state index in [1.165, 1.54) is 0 Å². The third-order valence-electron chi connectivity index (χ3n) is 3.88. The van der Waals surface area contributed by atoms with Gasteiger partial charge in [0.2, 0.25) is 11.8 Å². The summed E-state index contributed by atoms with van der Waals surface area (Å²) >= 11 is 6.12. The predicted octanol–water partition coefficient (Wildman–Crippen LogP) is 3.04. The van der Waals surface area contributed by atoms with Crippen molar-refractivity contribution in [2.45, 2.75) is 13.3 Å². The Kier molecular flexibility index (Phi) is 4.30. The molecule has 1 aromatic carbocycles. The zero-order chi connectivity index (χ0) is 16.4. The first kappa shape index (κ1) is 15.5. The third kappa shape index (κ3) is 3.35. The van der Waals surface area contributed by atoms with Crippen LogP contribution in [0.3, 0.4) is 0 Å². The van der Waals surface area contributed by atoms with Crippen LogP contribution >= 0.6 is 11.6 Å². The molecule has 2 heterocycles. The van der Waals surface area contributed by atoms with Crippen LogP contribution in [0.25, 0.3) is 0 Å². The van der Waals surface area contributed by atoms with Gasteiger partial charge >= 0.3 is 0 Å². The molecule has 0 radical (unpaired) electrons. The molecule has 1 unspecified atom stereocenters. The van der Waals surface area contributed by atoms with Crippen molar-refractivity contribution in [3.63, 3.8) is 0 Å². The largest absolute Gasteiger partial charge is 0.312 e. The summed E-state index contributed by atoms with van der Waals surface area (Å²) in [5, 5.41) is 3.35. The fourth-order valence-corrected chi connectivity index (χ4v) is 2.72. The van der Waals surface area contributed by atoms with Gasteiger partial charge in [0, 0.05) is 29.9 Å². The summed E-state index contributed by atoms with van der Waals surface area (Å²) in [6.07, 6.45) is 1.79. The molecule has 118 valence electrons. The monoisotopic (exact) mass is 329 g/mol. The molecule has 1 aromatic heterocycles. The molecule has 3 rings (SSSR count). The number of rotatable bonds is 3. The Morgan fingerprint density at radius 3 is 2.87 bits per heavy atom. The first-order chi connectivity index (χ1) is 11.0. The second-order valence-electron chi connectivity index (χ2n) is 5.54. The molecular weight excluding hydrogens is 314 g/mol. The van der Waals surface area contributed by atoms with Gasteiger partial charge in [0.1, 0.15) is 5.82 Å². The van der Waals surface area contributed by atoms with Gasteiger partial charge in [-0.3, -0.25) is 9.59 Å². The number of anilines is 2. The maximum absolute atomic E-state index is 12.3. The smallest absolute Gasteiger partial charge is 0.230 e. The van der Waals surface area contributed by atoms with Crippen molar-refractivity contribution in [3.05, 3.63) is 53.2 Å². The highest BCUT2D eigenvalue weighted by atomic mass is 35.5. The molecule has 1 N–H and O–H groups in total. The lowest BCUT2D eigenvalue weighted by molar-refractivity contribution is -0.122. The van der Waals surface area contributed by atoms with Crippen LogP contribution in [0.2, 0.25) is 5.02 Å².